The minimum absolute atomic E-state index is 0.0284. The fourth-order valence-corrected chi connectivity index (χ4v) is 4.30. The molecule has 1 aromatic carbocycles. The number of alkyl halides is 14. The van der Waals surface area contributed by atoms with Gasteiger partial charge in [-0.2, -0.15) is 57.1 Å². The average Bonchev–Trinajstić information content (AvgIpc) is 3.09. The van der Waals surface area contributed by atoms with Crippen LogP contribution in [-0.4, -0.2) is 54.2 Å². The second-order valence-electron chi connectivity index (χ2n) is 8.12. The first-order chi connectivity index (χ1) is 15.1. The molecule has 34 heavy (non-hydrogen) atoms. The maximum absolute atomic E-state index is 14.3. The second kappa shape index (κ2) is 8.91. The number of aryl methyl sites for hydroxylation is 1. The van der Waals surface area contributed by atoms with Crippen molar-refractivity contribution in [1.82, 2.24) is 0 Å². The molecule has 0 N–H and O–H groups in total. The van der Waals surface area contributed by atoms with Crippen molar-refractivity contribution in [2.45, 2.75) is 49.1 Å². The summed E-state index contributed by atoms with van der Waals surface area (Å²) in [5, 5.41) is -0.0968. The SMILES string of the molecule is Cc1ccc(N2CC(CBr)C(CC(F)(F)C(F)(F)C(F)(F)C(F)(F)C(F)(F)C(F)(F)F)C2)cc1. The van der Waals surface area contributed by atoms with Crippen LogP contribution >= 0.6 is 15.9 Å². The van der Waals surface area contributed by atoms with Crippen LogP contribution in [0.5, 0.6) is 0 Å². The van der Waals surface area contributed by atoms with E-state index in [1.807, 2.05) is 0 Å². The third-order valence-corrected chi connectivity index (χ3v) is 6.52. The van der Waals surface area contributed by atoms with Crippen molar-refractivity contribution in [2.24, 2.45) is 11.8 Å². The molecule has 15 heteroatoms. The van der Waals surface area contributed by atoms with Gasteiger partial charge in [-0.25, -0.2) is 0 Å². The first kappa shape index (κ1) is 28.8. The van der Waals surface area contributed by atoms with Crippen molar-refractivity contribution in [3.05, 3.63) is 29.8 Å². The van der Waals surface area contributed by atoms with Crippen LogP contribution in [0.4, 0.5) is 62.8 Å². The molecule has 2 unspecified atom stereocenters. The van der Waals surface area contributed by atoms with Gasteiger partial charge < -0.3 is 4.90 Å². The van der Waals surface area contributed by atoms with Gasteiger partial charge >= 0.3 is 35.8 Å². The fraction of sp³-hybridized carbons (Fsp3) is 0.684. The third-order valence-electron chi connectivity index (χ3n) is 5.69. The largest absolute Gasteiger partial charge is 0.460 e. The van der Waals surface area contributed by atoms with E-state index in [1.54, 1.807) is 31.2 Å². The third kappa shape index (κ3) is 4.57. The van der Waals surface area contributed by atoms with Crippen molar-refractivity contribution in [3.8, 4) is 0 Å². The molecule has 0 radical (unpaired) electrons. The molecule has 1 aliphatic heterocycles. The van der Waals surface area contributed by atoms with Gasteiger partial charge in [0.05, 0.1) is 0 Å². The van der Waals surface area contributed by atoms with Crippen LogP contribution in [0.15, 0.2) is 24.3 Å². The minimum atomic E-state index is -7.87. The summed E-state index contributed by atoms with van der Waals surface area (Å²) in [6, 6.07) is 6.39. The smallest absolute Gasteiger partial charge is 0.371 e. The van der Waals surface area contributed by atoms with E-state index in [0.717, 1.165) is 5.56 Å². The lowest BCUT2D eigenvalue weighted by Gasteiger charge is -2.40. The van der Waals surface area contributed by atoms with Gasteiger partial charge in [0.2, 0.25) is 0 Å². The Labute approximate surface area is 193 Å². The zero-order chi connectivity index (χ0) is 26.5. The van der Waals surface area contributed by atoms with Crippen LogP contribution in [-0.2, 0) is 0 Å². The molecule has 1 heterocycles. The molecule has 1 aliphatic rings. The molecule has 1 nitrogen and oxygen atoms in total. The summed E-state index contributed by atoms with van der Waals surface area (Å²) in [5.41, 5.74) is 1.28. The van der Waals surface area contributed by atoms with Gasteiger partial charge in [-0.15, -0.1) is 0 Å². The Kier molecular flexibility index (Phi) is 7.56. The Balaban J connectivity index is 2.35. The van der Waals surface area contributed by atoms with E-state index < -0.39 is 60.6 Å². The van der Waals surface area contributed by atoms with Crippen molar-refractivity contribution < 1.29 is 57.1 Å². The van der Waals surface area contributed by atoms with Gasteiger partial charge in [-0.05, 0) is 30.9 Å². The lowest BCUT2D eigenvalue weighted by atomic mass is 9.85. The van der Waals surface area contributed by atoms with Crippen molar-refractivity contribution in [3.63, 3.8) is 0 Å². The van der Waals surface area contributed by atoms with Gasteiger partial charge in [0.1, 0.15) is 0 Å². The van der Waals surface area contributed by atoms with Crippen molar-refractivity contribution in [1.29, 1.82) is 0 Å². The van der Waals surface area contributed by atoms with Gasteiger partial charge in [-0.1, -0.05) is 33.6 Å². The monoisotopic (exact) mass is 585 g/mol. The number of anilines is 1. The highest BCUT2D eigenvalue weighted by Crippen LogP contribution is 2.61. The zero-order valence-corrected chi connectivity index (χ0v) is 18.6. The maximum atomic E-state index is 14.3. The Morgan fingerprint density at radius 2 is 1.15 bits per heavy atom. The van der Waals surface area contributed by atoms with E-state index in [2.05, 4.69) is 15.9 Å². The van der Waals surface area contributed by atoms with E-state index in [9.17, 15) is 57.1 Å². The van der Waals surface area contributed by atoms with Crippen LogP contribution in [0.25, 0.3) is 0 Å². The summed E-state index contributed by atoms with van der Waals surface area (Å²) in [6.45, 7) is 1.30. The first-order valence-electron chi connectivity index (χ1n) is 9.47. The topological polar surface area (TPSA) is 3.24 Å². The molecule has 196 valence electrons. The summed E-state index contributed by atoms with van der Waals surface area (Å²) in [4.78, 5) is 1.44. The summed E-state index contributed by atoms with van der Waals surface area (Å²) >= 11 is 2.95. The highest BCUT2D eigenvalue weighted by molar-refractivity contribution is 9.09. The van der Waals surface area contributed by atoms with Gasteiger partial charge in [0.15, 0.2) is 0 Å². The average molecular weight is 586 g/mol. The Hall–Kier alpha value is -1.41. The van der Waals surface area contributed by atoms with Gasteiger partial charge in [0.25, 0.3) is 0 Å². The summed E-state index contributed by atoms with van der Waals surface area (Å²) < 4.78 is 174. The molecule has 2 atom stereocenters. The van der Waals surface area contributed by atoms with Crippen molar-refractivity contribution in [2.75, 3.05) is 23.3 Å². The van der Waals surface area contributed by atoms with Crippen LogP contribution < -0.4 is 4.90 Å². The van der Waals surface area contributed by atoms with E-state index in [0.29, 0.717) is 5.69 Å². The molecule has 0 saturated carbocycles. The predicted molar refractivity (Wildman–Crippen MR) is 99.6 cm³/mol. The number of benzene rings is 1. The first-order valence-corrected chi connectivity index (χ1v) is 10.6. The highest BCUT2D eigenvalue weighted by atomic mass is 79.9. The number of halogens is 14. The van der Waals surface area contributed by atoms with E-state index in [4.69, 9.17) is 0 Å². The Morgan fingerprint density at radius 1 is 0.706 bits per heavy atom. The van der Waals surface area contributed by atoms with Gasteiger partial charge in [0, 0.05) is 30.5 Å². The number of nitrogens with zero attached hydrogens (tertiary/aromatic N) is 1. The fourth-order valence-electron chi connectivity index (χ4n) is 3.57. The maximum Gasteiger partial charge on any atom is 0.460 e. The normalized spacial score (nSPS) is 21.3. The van der Waals surface area contributed by atoms with Crippen LogP contribution in [0, 0.1) is 18.8 Å². The summed E-state index contributed by atoms with van der Waals surface area (Å²) in [7, 11) is 0. The molecule has 1 saturated heterocycles. The molecular weight excluding hydrogens is 569 g/mol. The number of hydrogen-bond donors (Lipinski definition) is 0. The molecule has 0 amide bonds. The molecule has 0 aromatic heterocycles. The predicted octanol–water partition coefficient (Wildman–Crippen LogP) is 7.57. The van der Waals surface area contributed by atoms with Crippen molar-refractivity contribution >= 4 is 21.6 Å². The highest BCUT2D eigenvalue weighted by Gasteiger charge is 2.90. The molecule has 1 aromatic rings. The molecule has 1 fully saturated rings. The Bertz CT molecular complexity index is 851. The molecular formula is C19H17BrF13N. The quantitative estimate of drug-likeness (QED) is 0.225. The zero-order valence-electron chi connectivity index (χ0n) is 17.0. The lowest BCUT2D eigenvalue weighted by molar-refractivity contribution is -0.440. The molecule has 0 aliphatic carbocycles. The van der Waals surface area contributed by atoms with Gasteiger partial charge in [-0.3, -0.25) is 0 Å². The number of hydrogen-bond acceptors (Lipinski definition) is 1. The molecule has 0 spiro atoms. The lowest BCUT2D eigenvalue weighted by Crippen LogP contribution is -2.70. The summed E-state index contributed by atoms with van der Waals surface area (Å²) in [6.07, 6.45) is -9.58. The molecule has 2 rings (SSSR count). The van der Waals surface area contributed by atoms with Crippen LogP contribution in [0.1, 0.15) is 12.0 Å². The van der Waals surface area contributed by atoms with E-state index >= 15 is 0 Å². The van der Waals surface area contributed by atoms with E-state index in [1.165, 1.54) is 4.90 Å². The minimum Gasteiger partial charge on any atom is -0.371 e. The molecule has 0 bridgehead atoms. The summed E-state index contributed by atoms with van der Waals surface area (Å²) in [5.74, 6) is -39.0. The van der Waals surface area contributed by atoms with Crippen LogP contribution in [0.2, 0.25) is 0 Å². The van der Waals surface area contributed by atoms with E-state index in [-0.39, 0.29) is 11.9 Å². The second-order valence-corrected chi connectivity index (χ2v) is 8.77. The Morgan fingerprint density at radius 3 is 1.59 bits per heavy atom. The number of rotatable bonds is 8. The standard InChI is InChI=1S/C19H17BrF13N/c1-10-2-4-13(5-3-10)34-8-11(12(7-20)9-34)6-14(21,22)15(23,24)16(25,26)17(27,28)18(29,30)19(31,32)33/h2-5,11-12H,6-9H2,1H3. The van der Waals surface area contributed by atoms with Crippen LogP contribution in [0.3, 0.4) is 0 Å².